The van der Waals surface area contributed by atoms with Gasteiger partial charge in [0.05, 0.1) is 17.7 Å². The van der Waals surface area contributed by atoms with Crippen molar-refractivity contribution in [3.05, 3.63) is 54.3 Å². The third-order valence-electron chi connectivity index (χ3n) is 5.21. The Balaban J connectivity index is 1.77. The predicted octanol–water partition coefficient (Wildman–Crippen LogP) is 4.44. The standard InChI is InChI=1S/C24H22F4N4O4/c1-13(2)35-19-8-4-7-17(22(19)25)32-18(14-5-3-6-16(9-14)36-24(26,27)28)11-20(31-32)30-23(34)15-10-21(33)29-12-15/h3-9,11,13,15H,10,12H2,1-2H3,(H,29,33)(H,30,31,34)/t15-/m0/s1. The molecule has 1 atom stereocenters. The summed E-state index contributed by atoms with van der Waals surface area (Å²) in [5, 5.41) is 9.45. The molecule has 1 aliphatic heterocycles. The Morgan fingerprint density at radius 2 is 1.94 bits per heavy atom. The summed E-state index contributed by atoms with van der Waals surface area (Å²) >= 11 is 0. The minimum Gasteiger partial charge on any atom is -0.488 e. The molecule has 2 aromatic carbocycles. The van der Waals surface area contributed by atoms with Crippen LogP contribution in [0.4, 0.5) is 23.4 Å². The molecular weight excluding hydrogens is 484 g/mol. The topological polar surface area (TPSA) is 94.5 Å². The lowest BCUT2D eigenvalue weighted by Gasteiger charge is -2.15. The number of alkyl halides is 3. The summed E-state index contributed by atoms with van der Waals surface area (Å²) < 4.78 is 64.4. The van der Waals surface area contributed by atoms with Gasteiger partial charge in [-0.3, -0.25) is 9.59 Å². The lowest BCUT2D eigenvalue weighted by Crippen LogP contribution is -2.24. The van der Waals surface area contributed by atoms with Gasteiger partial charge >= 0.3 is 6.36 Å². The van der Waals surface area contributed by atoms with Gasteiger partial charge in [-0.1, -0.05) is 18.2 Å². The van der Waals surface area contributed by atoms with Crippen LogP contribution >= 0.6 is 0 Å². The van der Waals surface area contributed by atoms with Gasteiger partial charge in [0.1, 0.15) is 11.4 Å². The maximum atomic E-state index is 15.4. The van der Waals surface area contributed by atoms with Gasteiger partial charge in [0, 0.05) is 24.6 Å². The number of benzene rings is 2. The second kappa shape index (κ2) is 9.88. The summed E-state index contributed by atoms with van der Waals surface area (Å²) in [6.45, 7) is 3.62. The van der Waals surface area contributed by atoms with Gasteiger partial charge in [0.2, 0.25) is 11.8 Å². The highest BCUT2D eigenvalue weighted by Crippen LogP contribution is 2.33. The molecule has 0 aliphatic carbocycles. The van der Waals surface area contributed by atoms with Gasteiger partial charge in [0.25, 0.3) is 0 Å². The van der Waals surface area contributed by atoms with Crippen LogP contribution < -0.4 is 20.1 Å². The van der Waals surface area contributed by atoms with Crippen LogP contribution in [0.25, 0.3) is 16.9 Å². The van der Waals surface area contributed by atoms with E-state index >= 15 is 4.39 Å². The van der Waals surface area contributed by atoms with Crippen molar-refractivity contribution in [1.82, 2.24) is 15.1 Å². The molecule has 2 N–H and O–H groups in total. The number of aromatic nitrogens is 2. The number of rotatable bonds is 7. The van der Waals surface area contributed by atoms with E-state index in [1.807, 2.05) is 0 Å². The lowest BCUT2D eigenvalue weighted by atomic mass is 10.1. The highest BCUT2D eigenvalue weighted by atomic mass is 19.4. The van der Waals surface area contributed by atoms with E-state index < -0.39 is 29.8 Å². The first kappa shape index (κ1) is 25.0. The maximum Gasteiger partial charge on any atom is 0.573 e. The molecule has 190 valence electrons. The number of amides is 2. The summed E-state index contributed by atoms with van der Waals surface area (Å²) in [4.78, 5) is 24.1. The minimum absolute atomic E-state index is 0.0133. The van der Waals surface area contributed by atoms with Crippen LogP contribution in [0, 0.1) is 11.7 Å². The van der Waals surface area contributed by atoms with E-state index in [-0.39, 0.29) is 53.5 Å². The molecule has 1 aliphatic rings. The zero-order valence-electron chi connectivity index (χ0n) is 19.2. The van der Waals surface area contributed by atoms with Crippen LogP contribution in [0.2, 0.25) is 0 Å². The normalized spacial score (nSPS) is 15.6. The average molecular weight is 506 g/mol. The van der Waals surface area contributed by atoms with Crippen molar-refractivity contribution >= 4 is 17.6 Å². The van der Waals surface area contributed by atoms with E-state index in [2.05, 4.69) is 20.5 Å². The van der Waals surface area contributed by atoms with Crippen molar-refractivity contribution in [3.63, 3.8) is 0 Å². The van der Waals surface area contributed by atoms with Crippen LogP contribution in [0.5, 0.6) is 11.5 Å². The van der Waals surface area contributed by atoms with E-state index in [9.17, 15) is 22.8 Å². The first-order chi connectivity index (χ1) is 17.0. The van der Waals surface area contributed by atoms with Crippen molar-refractivity contribution in [2.45, 2.75) is 32.7 Å². The Bertz CT molecular complexity index is 1290. The SMILES string of the molecule is CC(C)Oc1cccc(-n2nc(NC(=O)[C@@H]3CNC(=O)C3)cc2-c2cccc(OC(F)(F)F)c2)c1F. The van der Waals surface area contributed by atoms with Crippen LogP contribution in [-0.2, 0) is 9.59 Å². The molecule has 0 saturated carbocycles. The Morgan fingerprint density at radius 3 is 2.61 bits per heavy atom. The monoisotopic (exact) mass is 506 g/mol. The van der Waals surface area contributed by atoms with E-state index in [1.165, 1.54) is 30.3 Å². The fourth-order valence-electron chi connectivity index (χ4n) is 3.71. The molecular formula is C24H22F4N4O4. The Labute approximate surface area is 203 Å². The van der Waals surface area contributed by atoms with Gasteiger partial charge in [-0.15, -0.1) is 18.3 Å². The second-order valence-corrected chi connectivity index (χ2v) is 8.35. The number of nitrogens with zero attached hydrogens (tertiary/aromatic N) is 2. The van der Waals surface area contributed by atoms with Crippen molar-refractivity contribution in [3.8, 4) is 28.4 Å². The Kier molecular flexibility index (Phi) is 6.86. The van der Waals surface area contributed by atoms with E-state index in [0.29, 0.717) is 0 Å². The van der Waals surface area contributed by atoms with Crippen molar-refractivity contribution < 1.29 is 36.6 Å². The Morgan fingerprint density at radius 1 is 1.19 bits per heavy atom. The van der Waals surface area contributed by atoms with Crippen LogP contribution in [0.3, 0.4) is 0 Å². The van der Waals surface area contributed by atoms with Crippen molar-refractivity contribution in [2.75, 3.05) is 11.9 Å². The maximum absolute atomic E-state index is 15.4. The molecule has 2 heterocycles. The number of halogens is 4. The van der Waals surface area contributed by atoms with Gasteiger partial charge < -0.3 is 20.1 Å². The smallest absolute Gasteiger partial charge is 0.488 e. The van der Waals surface area contributed by atoms with Crippen molar-refractivity contribution in [2.24, 2.45) is 5.92 Å². The summed E-state index contributed by atoms with van der Waals surface area (Å²) in [6.07, 6.45) is -5.21. The molecule has 36 heavy (non-hydrogen) atoms. The predicted molar refractivity (Wildman–Crippen MR) is 121 cm³/mol. The van der Waals surface area contributed by atoms with Crippen molar-refractivity contribution in [1.29, 1.82) is 0 Å². The number of ether oxygens (including phenoxy) is 2. The largest absolute Gasteiger partial charge is 0.573 e. The van der Waals surface area contributed by atoms with E-state index in [1.54, 1.807) is 19.9 Å². The van der Waals surface area contributed by atoms with E-state index in [0.717, 1.165) is 16.8 Å². The molecule has 2 amide bonds. The molecule has 3 aromatic rings. The summed E-state index contributed by atoms with van der Waals surface area (Å²) in [5.41, 5.74) is 0.347. The molecule has 1 aromatic heterocycles. The molecule has 1 saturated heterocycles. The zero-order chi connectivity index (χ0) is 26.0. The quantitative estimate of drug-likeness (QED) is 0.462. The molecule has 1 fully saturated rings. The highest BCUT2D eigenvalue weighted by molar-refractivity contribution is 5.97. The third-order valence-corrected chi connectivity index (χ3v) is 5.21. The molecule has 12 heteroatoms. The fraction of sp³-hybridized carbons (Fsp3) is 0.292. The molecule has 0 bridgehead atoms. The van der Waals surface area contributed by atoms with Gasteiger partial charge in [0.15, 0.2) is 17.4 Å². The molecule has 0 radical (unpaired) electrons. The fourth-order valence-corrected chi connectivity index (χ4v) is 3.71. The second-order valence-electron chi connectivity index (χ2n) is 8.35. The van der Waals surface area contributed by atoms with Gasteiger partial charge in [-0.2, -0.15) is 0 Å². The van der Waals surface area contributed by atoms with Crippen LogP contribution in [0.1, 0.15) is 20.3 Å². The average Bonchev–Trinajstić information content (AvgIpc) is 3.40. The number of nitrogens with one attached hydrogen (secondary N) is 2. The first-order valence-corrected chi connectivity index (χ1v) is 11.0. The molecule has 8 nitrogen and oxygen atoms in total. The van der Waals surface area contributed by atoms with Crippen LogP contribution in [-0.4, -0.2) is 40.6 Å². The highest BCUT2D eigenvalue weighted by Gasteiger charge is 2.32. The Hall–Kier alpha value is -4.09. The third kappa shape index (κ3) is 5.75. The van der Waals surface area contributed by atoms with Crippen LogP contribution in [0.15, 0.2) is 48.5 Å². The molecule has 4 rings (SSSR count). The summed E-state index contributed by atoms with van der Waals surface area (Å²) in [7, 11) is 0. The number of carbonyl (C=O) groups excluding carboxylic acids is 2. The summed E-state index contributed by atoms with van der Waals surface area (Å²) in [6, 6.07) is 10.9. The number of hydrogen-bond donors (Lipinski definition) is 2. The lowest BCUT2D eigenvalue weighted by molar-refractivity contribution is -0.274. The minimum atomic E-state index is -4.90. The number of carbonyl (C=O) groups is 2. The first-order valence-electron chi connectivity index (χ1n) is 11.0. The molecule has 0 unspecified atom stereocenters. The van der Waals surface area contributed by atoms with E-state index in [4.69, 9.17) is 4.74 Å². The zero-order valence-corrected chi connectivity index (χ0v) is 19.2. The number of anilines is 1. The number of hydrogen-bond acceptors (Lipinski definition) is 5. The van der Waals surface area contributed by atoms with Gasteiger partial charge in [-0.25, -0.2) is 9.07 Å². The summed E-state index contributed by atoms with van der Waals surface area (Å²) in [5.74, 6) is -2.60. The molecule has 0 spiro atoms. The van der Waals surface area contributed by atoms with Gasteiger partial charge in [-0.05, 0) is 38.1 Å².